The van der Waals surface area contributed by atoms with Gasteiger partial charge in [0, 0.05) is 12.2 Å². The molecule has 7 heteroatoms. The van der Waals surface area contributed by atoms with Gasteiger partial charge in [-0.3, -0.25) is 0 Å². The minimum Gasteiger partial charge on any atom is -0.480 e. The van der Waals surface area contributed by atoms with Crippen LogP contribution in [0.25, 0.3) is 0 Å². The summed E-state index contributed by atoms with van der Waals surface area (Å²) in [7, 11) is -3.50. The van der Waals surface area contributed by atoms with Crippen LogP contribution in [0.4, 0.5) is 5.69 Å². The fourth-order valence-electron chi connectivity index (χ4n) is 1.65. The number of aliphatic carboxylic acids is 1. The maximum Gasteiger partial charge on any atom is 0.329 e. The number of nitrogens with one attached hydrogen (secondary N) is 2. The van der Waals surface area contributed by atoms with E-state index >= 15 is 0 Å². The zero-order chi connectivity index (χ0) is 16.1. The van der Waals surface area contributed by atoms with E-state index in [4.69, 9.17) is 0 Å². The minimum absolute atomic E-state index is 0.162. The van der Waals surface area contributed by atoms with Crippen molar-refractivity contribution >= 4 is 21.7 Å². The highest BCUT2D eigenvalue weighted by Gasteiger charge is 2.30. The third-order valence-corrected chi connectivity index (χ3v) is 4.78. The smallest absolute Gasteiger partial charge is 0.329 e. The molecule has 0 bridgehead atoms. The van der Waals surface area contributed by atoms with E-state index in [1.54, 1.807) is 26.0 Å². The molecule has 1 aromatic rings. The third kappa shape index (κ3) is 4.44. The Hall–Kier alpha value is -1.60. The molecule has 0 heterocycles. The molecule has 1 unspecified atom stereocenters. The number of carbonyl (C=O) groups is 1. The van der Waals surface area contributed by atoms with Crippen LogP contribution >= 0.6 is 0 Å². The van der Waals surface area contributed by atoms with Crippen molar-refractivity contribution in [2.24, 2.45) is 0 Å². The summed E-state index contributed by atoms with van der Waals surface area (Å²) in [5.41, 5.74) is -0.517. The maximum absolute atomic E-state index is 11.9. The van der Waals surface area contributed by atoms with Crippen LogP contribution in [0.2, 0.25) is 0 Å². The van der Waals surface area contributed by atoms with Gasteiger partial charge in [-0.2, -0.15) is 0 Å². The Labute approximate surface area is 125 Å². The molecule has 3 N–H and O–H groups in total. The van der Waals surface area contributed by atoms with Crippen molar-refractivity contribution in [3.8, 4) is 0 Å². The van der Waals surface area contributed by atoms with E-state index in [1.807, 2.05) is 6.92 Å². The quantitative estimate of drug-likeness (QED) is 0.682. The van der Waals surface area contributed by atoms with Gasteiger partial charge in [-0.15, -0.1) is 0 Å². The molecule has 0 fully saturated rings. The van der Waals surface area contributed by atoms with Crippen LogP contribution in [0, 0.1) is 0 Å². The van der Waals surface area contributed by atoms with Crippen molar-refractivity contribution in [2.45, 2.75) is 44.0 Å². The van der Waals surface area contributed by atoms with Gasteiger partial charge in [0.15, 0.2) is 0 Å². The van der Waals surface area contributed by atoms with Crippen LogP contribution in [-0.2, 0) is 14.8 Å². The summed E-state index contributed by atoms with van der Waals surface area (Å²) in [6, 6.07) is 6.05. The zero-order valence-electron chi connectivity index (χ0n) is 12.5. The Morgan fingerprint density at radius 2 is 1.81 bits per heavy atom. The van der Waals surface area contributed by atoms with Crippen molar-refractivity contribution < 1.29 is 18.3 Å². The average molecular weight is 314 g/mol. The number of hydrogen-bond acceptors (Lipinski definition) is 4. The lowest BCUT2D eigenvalue weighted by atomic mass is 9.99. The van der Waals surface area contributed by atoms with Crippen LogP contribution < -0.4 is 10.0 Å². The molecule has 0 saturated heterocycles. The van der Waals surface area contributed by atoms with E-state index < -0.39 is 21.5 Å². The number of hydrogen-bond donors (Lipinski definition) is 3. The van der Waals surface area contributed by atoms with Crippen LogP contribution in [0.5, 0.6) is 0 Å². The van der Waals surface area contributed by atoms with E-state index in [0.29, 0.717) is 25.1 Å². The largest absolute Gasteiger partial charge is 0.480 e. The first-order chi connectivity index (χ1) is 9.75. The lowest BCUT2D eigenvalue weighted by Crippen LogP contribution is -2.42. The van der Waals surface area contributed by atoms with Gasteiger partial charge in [0.1, 0.15) is 5.54 Å². The summed E-state index contributed by atoms with van der Waals surface area (Å²) in [4.78, 5) is 11.4. The monoisotopic (exact) mass is 314 g/mol. The van der Waals surface area contributed by atoms with E-state index in [2.05, 4.69) is 10.0 Å². The molecule has 118 valence electrons. The number of carboxylic acid groups (broad SMARTS) is 1. The fraction of sp³-hybridized carbons (Fsp3) is 0.500. The van der Waals surface area contributed by atoms with Gasteiger partial charge in [0.25, 0.3) is 0 Å². The SMILES string of the molecule is CCCNS(=O)(=O)c1ccc(NC(C)(CC)C(=O)O)cc1. The van der Waals surface area contributed by atoms with Crippen molar-refractivity contribution in [3.05, 3.63) is 24.3 Å². The number of sulfonamides is 1. The van der Waals surface area contributed by atoms with E-state index in [0.717, 1.165) is 0 Å². The van der Waals surface area contributed by atoms with Crippen LogP contribution in [-0.4, -0.2) is 31.6 Å². The second-order valence-corrected chi connectivity index (χ2v) is 6.80. The van der Waals surface area contributed by atoms with Gasteiger partial charge >= 0.3 is 5.97 Å². The summed E-state index contributed by atoms with van der Waals surface area (Å²) in [6.07, 6.45) is 1.12. The highest BCUT2D eigenvalue weighted by molar-refractivity contribution is 7.89. The predicted octanol–water partition coefficient (Wildman–Crippen LogP) is 2.04. The molecule has 0 aliphatic rings. The summed E-state index contributed by atoms with van der Waals surface area (Å²) >= 11 is 0. The van der Waals surface area contributed by atoms with E-state index in [9.17, 15) is 18.3 Å². The Balaban J connectivity index is 2.91. The molecular weight excluding hydrogens is 292 g/mol. The van der Waals surface area contributed by atoms with Crippen molar-refractivity contribution in [3.63, 3.8) is 0 Å². The van der Waals surface area contributed by atoms with E-state index in [-0.39, 0.29) is 4.90 Å². The summed E-state index contributed by atoms with van der Waals surface area (Å²) < 4.78 is 26.3. The summed E-state index contributed by atoms with van der Waals surface area (Å²) in [5, 5.41) is 12.1. The topological polar surface area (TPSA) is 95.5 Å². The molecule has 0 aromatic heterocycles. The Bertz CT molecular complexity index is 583. The highest BCUT2D eigenvalue weighted by Crippen LogP contribution is 2.20. The summed E-state index contributed by atoms with van der Waals surface area (Å²) in [5.74, 6) is -0.952. The second-order valence-electron chi connectivity index (χ2n) is 5.04. The molecule has 6 nitrogen and oxygen atoms in total. The minimum atomic E-state index is -3.50. The van der Waals surface area contributed by atoms with Gasteiger partial charge in [-0.25, -0.2) is 17.9 Å². The molecule has 0 aliphatic carbocycles. The highest BCUT2D eigenvalue weighted by atomic mass is 32.2. The lowest BCUT2D eigenvalue weighted by Gasteiger charge is -2.26. The third-order valence-electron chi connectivity index (χ3n) is 3.31. The molecule has 1 rings (SSSR count). The number of benzene rings is 1. The molecule has 1 atom stereocenters. The molecule has 0 saturated carbocycles. The standard InChI is InChI=1S/C14H22N2O4S/c1-4-10-15-21(19,20)12-8-6-11(7-9-12)16-14(3,5-2)13(17)18/h6-9,15-16H,4-5,10H2,1-3H3,(H,17,18). The molecule has 0 aliphatic heterocycles. The molecule has 0 radical (unpaired) electrons. The normalized spacial score (nSPS) is 14.4. The molecular formula is C14H22N2O4S. The Morgan fingerprint density at radius 3 is 2.24 bits per heavy atom. The predicted molar refractivity (Wildman–Crippen MR) is 81.9 cm³/mol. The van der Waals surface area contributed by atoms with Crippen molar-refractivity contribution in [1.29, 1.82) is 0 Å². The molecule has 1 aromatic carbocycles. The Morgan fingerprint density at radius 1 is 1.24 bits per heavy atom. The summed E-state index contributed by atoms with van der Waals surface area (Å²) in [6.45, 7) is 5.62. The first kappa shape index (κ1) is 17.5. The molecule has 21 heavy (non-hydrogen) atoms. The van der Waals surface area contributed by atoms with Crippen LogP contribution in [0.3, 0.4) is 0 Å². The van der Waals surface area contributed by atoms with Gasteiger partial charge in [0.2, 0.25) is 10.0 Å². The van der Waals surface area contributed by atoms with Gasteiger partial charge in [-0.1, -0.05) is 13.8 Å². The first-order valence-corrected chi connectivity index (χ1v) is 8.35. The van der Waals surface area contributed by atoms with Gasteiger partial charge < -0.3 is 10.4 Å². The van der Waals surface area contributed by atoms with Crippen LogP contribution in [0.1, 0.15) is 33.6 Å². The van der Waals surface area contributed by atoms with Crippen LogP contribution in [0.15, 0.2) is 29.2 Å². The molecule has 0 spiro atoms. The second kappa shape index (κ2) is 6.91. The maximum atomic E-state index is 11.9. The Kier molecular flexibility index (Phi) is 5.74. The first-order valence-electron chi connectivity index (χ1n) is 6.86. The fourth-order valence-corrected chi connectivity index (χ4v) is 2.78. The molecule has 0 amide bonds. The van der Waals surface area contributed by atoms with Gasteiger partial charge in [-0.05, 0) is 44.0 Å². The number of rotatable bonds is 8. The van der Waals surface area contributed by atoms with Crippen molar-refractivity contribution in [1.82, 2.24) is 4.72 Å². The average Bonchev–Trinajstić information content (AvgIpc) is 2.45. The van der Waals surface area contributed by atoms with Crippen molar-refractivity contribution in [2.75, 3.05) is 11.9 Å². The lowest BCUT2D eigenvalue weighted by molar-refractivity contribution is -0.141. The zero-order valence-corrected chi connectivity index (χ0v) is 13.3. The van der Waals surface area contributed by atoms with E-state index in [1.165, 1.54) is 12.1 Å². The number of anilines is 1. The van der Waals surface area contributed by atoms with Gasteiger partial charge in [0.05, 0.1) is 4.90 Å². The number of carboxylic acids is 1.